The number of piperidine rings is 1. The van der Waals surface area contributed by atoms with E-state index in [-0.39, 0.29) is 18.0 Å². The number of benzene rings is 2. The van der Waals surface area contributed by atoms with Gasteiger partial charge in [0, 0.05) is 17.6 Å². The van der Waals surface area contributed by atoms with E-state index in [0.717, 1.165) is 31.2 Å². The molecule has 5 rings (SSSR count). The molecular weight excluding hydrogens is 342 g/mol. The molecule has 2 aromatic rings. The van der Waals surface area contributed by atoms with E-state index in [1.807, 2.05) is 36.4 Å². The van der Waals surface area contributed by atoms with Gasteiger partial charge in [-0.3, -0.25) is 4.79 Å². The minimum atomic E-state index is 0.0789. The van der Waals surface area contributed by atoms with Crippen molar-refractivity contribution in [2.45, 2.75) is 43.7 Å². The van der Waals surface area contributed by atoms with Crippen LogP contribution in [0.15, 0.2) is 42.5 Å². The lowest BCUT2D eigenvalue weighted by molar-refractivity contribution is 0.0569. The molecule has 2 atom stereocenters. The fourth-order valence-corrected chi connectivity index (χ4v) is 4.92. The van der Waals surface area contributed by atoms with Crippen molar-refractivity contribution < 1.29 is 19.4 Å². The summed E-state index contributed by atoms with van der Waals surface area (Å²) >= 11 is 0. The van der Waals surface area contributed by atoms with E-state index in [4.69, 9.17) is 9.47 Å². The summed E-state index contributed by atoms with van der Waals surface area (Å²) in [5, 5.41) is 10.2. The topological polar surface area (TPSA) is 59.0 Å². The van der Waals surface area contributed by atoms with Crippen LogP contribution in [0.5, 0.6) is 17.2 Å². The average Bonchev–Trinajstić information content (AvgIpc) is 2.97. The molecule has 0 aromatic heterocycles. The Kier molecular flexibility index (Phi) is 3.96. The van der Waals surface area contributed by atoms with Gasteiger partial charge in [0.05, 0.1) is 0 Å². The number of hydrogen-bond acceptors (Lipinski definition) is 4. The van der Waals surface area contributed by atoms with E-state index in [1.54, 1.807) is 6.07 Å². The quantitative estimate of drug-likeness (QED) is 0.881. The molecular formula is C22H23NO4. The number of phenols is 1. The SMILES string of the molecule is O=C(c1ccc2c(c1)OCCO2)N1C2CCC1CC(c1ccccc1O)C2. The van der Waals surface area contributed by atoms with Crippen molar-refractivity contribution in [2.75, 3.05) is 13.2 Å². The van der Waals surface area contributed by atoms with Gasteiger partial charge in [-0.1, -0.05) is 18.2 Å². The summed E-state index contributed by atoms with van der Waals surface area (Å²) in [6.45, 7) is 1.06. The van der Waals surface area contributed by atoms with Gasteiger partial charge < -0.3 is 19.5 Å². The van der Waals surface area contributed by atoms with Crippen LogP contribution in [-0.4, -0.2) is 41.2 Å². The van der Waals surface area contributed by atoms with Gasteiger partial charge in [-0.2, -0.15) is 0 Å². The van der Waals surface area contributed by atoms with Gasteiger partial charge in [0.25, 0.3) is 5.91 Å². The Morgan fingerprint density at radius 2 is 1.67 bits per heavy atom. The van der Waals surface area contributed by atoms with Gasteiger partial charge in [0.2, 0.25) is 0 Å². The summed E-state index contributed by atoms with van der Waals surface area (Å²) < 4.78 is 11.2. The molecule has 0 spiro atoms. The molecule has 1 N–H and O–H groups in total. The molecule has 1 amide bonds. The highest BCUT2D eigenvalue weighted by molar-refractivity contribution is 5.95. The molecule has 2 fully saturated rings. The molecule has 3 aliphatic heterocycles. The van der Waals surface area contributed by atoms with Gasteiger partial charge in [-0.25, -0.2) is 0 Å². The first-order valence-corrected chi connectivity index (χ1v) is 9.71. The van der Waals surface area contributed by atoms with Crippen LogP contribution in [0.25, 0.3) is 0 Å². The highest BCUT2D eigenvalue weighted by Crippen LogP contribution is 2.45. The smallest absolute Gasteiger partial charge is 0.254 e. The van der Waals surface area contributed by atoms with E-state index in [0.29, 0.717) is 41.9 Å². The molecule has 0 aliphatic carbocycles. The number of phenolic OH excluding ortho intramolecular Hbond substituents is 1. The maximum atomic E-state index is 13.2. The number of ether oxygens (including phenoxy) is 2. The molecule has 2 unspecified atom stereocenters. The predicted molar refractivity (Wildman–Crippen MR) is 100 cm³/mol. The van der Waals surface area contributed by atoms with Gasteiger partial charge in [0.1, 0.15) is 19.0 Å². The highest BCUT2D eigenvalue weighted by atomic mass is 16.6. The summed E-state index contributed by atoms with van der Waals surface area (Å²) in [6.07, 6.45) is 3.88. The Hall–Kier alpha value is -2.69. The number of aromatic hydroxyl groups is 1. The van der Waals surface area contributed by atoms with Crippen molar-refractivity contribution in [3.8, 4) is 17.2 Å². The summed E-state index contributed by atoms with van der Waals surface area (Å²) in [6, 6.07) is 13.5. The van der Waals surface area contributed by atoms with Crippen LogP contribution in [-0.2, 0) is 0 Å². The second-order valence-corrected chi connectivity index (χ2v) is 7.68. The minimum absolute atomic E-state index is 0.0789. The van der Waals surface area contributed by atoms with E-state index in [1.165, 1.54) is 0 Å². The number of nitrogens with zero attached hydrogens (tertiary/aromatic N) is 1. The van der Waals surface area contributed by atoms with Crippen LogP contribution in [0.2, 0.25) is 0 Å². The summed E-state index contributed by atoms with van der Waals surface area (Å²) in [5.74, 6) is 2.12. The first-order chi connectivity index (χ1) is 13.2. The molecule has 2 bridgehead atoms. The number of hydrogen-bond donors (Lipinski definition) is 1. The van der Waals surface area contributed by atoms with Crippen molar-refractivity contribution in [1.29, 1.82) is 0 Å². The van der Waals surface area contributed by atoms with Crippen molar-refractivity contribution in [3.05, 3.63) is 53.6 Å². The fourth-order valence-electron chi connectivity index (χ4n) is 4.92. The van der Waals surface area contributed by atoms with E-state index >= 15 is 0 Å². The molecule has 27 heavy (non-hydrogen) atoms. The standard InChI is InChI=1S/C22H23NO4/c24-19-4-2-1-3-18(19)15-11-16-6-7-17(12-15)23(16)22(25)14-5-8-20-21(13-14)27-10-9-26-20/h1-5,8,13,15-17,24H,6-7,9-12H2. The van der Waals surface area contributed by atoms with E-state index in [9.17, 15) is 9.90 Å². The summed E-state index contributed by atoms with van der Waals surface area (Å²) in [5.41, 5.74) is 1.68. The van der Waals surface area contributed by atoms with Gasteiger partial charge in [-0.05, 0) is 61.4 Å². The van der Waals surface area contributed by atoms with Crippen molar-refractivity contribution >= 4 is 5.91 Å². The molecule has 0 saturated carbocycles. The van der Waals surface area contributed by atoms with Crippen LogP contribution in [0.1, 0.15) is 47.5 Å². The van der Waals surface area contributed by atoms with Gasteiger partial charge >= 0.3 is 0 Å². The zero-order chi connectivity index (χ0) is 18.4. The number of fused-ring (bicyclic) bond motifs is 3. The monoisotopic (exact) mass is 365 g/mol. The Labute approximate surface area is 158 Å². The minimum Gasteiger partial charge on any atom is -0.508 e. The molecule has 3 heterocycles. The third kappa shape index (κ3) is 2.82. The Bertz CT molecular complexity index is 866. The molecule has 140 valence electrons. The lowest BCUT2D eigenvalue weighted by Crippen LogP contribution is -2.46. The largest absolute Gasteiger partial charge is 0.508 e. The molecule has 5 nitrogen and oxygen atoms in total. The third-order valence-corrected chi connectivity index (χ3v) is 6.13. The second-order valence-electron chi connectivity index (χ2n) is 7.68. The lowest BCUT2D eigenvalue weighted by atomic mass is 9.84. The number of para-hydroxylation sites is 1. The number of rotatable bonds is 2. The average molecular weight is 365 g/mol. The normalized spacial score (nSPS) is 26.1. The highest BCUT2D eigenvalue weighted by Gasteiger charge is 2.44. The molecule has 2 aromatic carbocycles. The summed E-state index contributed by atoms with van der Waals surface area (Å²) in [4.78, 5) is 15.3. The van der Waals surface area contributed by atoms with Gasteiger partial charge in [-0.15, -0.1) is 0 Å². The number of carbonyl (C=O) groups excluding carboxylic acids is 1. The van der Waals surface area contributed by atoms with Crippen LogP contribution < -0.4 is 9.47 Å². The van der Waals surface area contributed by atoms with E-state index in [2.05, 4.69) is 4.90 Å². The Morgan fingerprint density at radius 1 is 0.963 bits per heavy atom. The van der Waals surface area contributed by atoms with Crippen molar-refractivity contribution in [3.63, 3.8) is 0 Å². The van der Waals surface area contributed by atoms with Crippen molar-refractivity contribution in [2.24, 2.45) is 0 Å². The van der Waals surface area contributed by atoms with Crippen LogP contribution >= 0.6 is 0 Å². The van der Waals surface area contributed by atoms with Gasteiger partial charge in [0.15, 0.2) is 11.5 Å². The molecule has 0 radical (unpaired) electrons. The fraction of sp³-hybridized carbons (Fsp3) is 0.409. The third-order valence-electron chi connectivity index (χ3n) is 6.13. The lowest BCUT2D eigenvalue weighted by Gasteiger charge is -2.39. The molecule has 5 heteroatoms. The number of carbonyl (C=O) groups is 1. The summed E-state index contributed by atoms with van der Waals surface area (Å²) in [7, 11) is 0. The zero-order valence-electron chi connectivity index (χ0n) is 15.1. The predicted octanol–water partition coefficient (Wildman–Crippen LogP) is 3.71. The second kappa shape index (κ2) is 6.48. The zero-order valence-corrected chi connectivity index (χ0v) is 15.1. The molecule has 2 saturated heterocycles. The Morgan fingerprint density at radius 3 is 2.41 bits per heavy atom. The van der Waals surface area contributed by atoms with Crippen LogP contribution in [0, 0.1) is 0 Å². The first-order valence-electron chi connectivity index (χ1n) is 9.71. The first kappa shape index (κ1) is 16.5. The number of amides is 1. The van der Waals surface area contributed by atoms with Crippen LogP contribution in [0.3, 0.4) is 0 Å². The van der Waals surface area contributed by atoms with Crippen LogP contribution in [0.4, 0.5) is 0 Å². The maximum absolute atomic E-state index is 13.2. The van der Waals surface area contributed by atoms with E-state index < -0.39 is 0 Å². The Balaban J connectivity index is 1.38. The van der Waals surface area contributed by atoms with Crippen molar-refractivity contribution in [1.82, 2.24) is 4.90 Å². The maximum Gasteiger partial charge on any atom is 0.254 e. The molecule has 3 aliphatic rings.